The van der Waals surface area contributed by atoms with E-state index in [2.05, 4.69) is 33.0 Å². The number of nitrogens with two attached hydrogens (primary N) is 1. The fourth-order valence-corrected chi connectivity index (χ4v) is 2.54. The minimum absolute atomic E-state index is 0.758. The topological polar surface area (TPSA) is 38.5 Å². The van der Waals surface area contributed by atoms with Gasteiger partial charge in [-0.1, -0.05) is 28.1 Å². The van der Waals surface area contributed by atoms with Gasteiger partial charge in [0.25, 0.3) is 0 Å². The van der Waals surface area contributed by atoms with Crippen LogP contribution in [0.4, 0.5) is 5.69 Å². The molecule has 0 atom stereocenters. The fraction of sp³-hybridized carbons (Fsp3) is 0.429. The Labute approximate surface area is 117 Å². The van der Waals surface area contributed by atoms with E-state index in [1.165, 1.54) is 11.1 Å². The second-order valence-corrected chi connectivity index (χ2v) is 5.54. The van der Waals surface area contributed by atoms with Gasteiger partial charge < -0.3 is 10.5 Å². The summed E-state index contributed by atoms with van der Waals surface area (Å²) in [5, 5.41) is 0. The number of methoxy groups -OCH3 is 1. The number of ether oxygens (including phenoxy) is 1. The van der Waals surface area contributed by atoms with Crippen LogP contribution in [0.1, 0.15) is 12.0 Å². The van der Waals surface area contributed by atoms with Crippen molar-refractivity contribution in [3.05, 3.63) is 39.9 Å². The predicted molar refractivity (Wildman–Crippen MR) is 78.4 cm³/mol. The molecule has 1 aliphatic rings. The van der Waals surface area contributed by atoms with Crippen LogP contribution < -0.4 is 5.73 Å². The monoisotopic (exact) mass is 310 g/mol. The van der Waals surface area contributed by atoms with E-state index < -0.39 is 0 Å². The molecule has 3 nitrogen and oxygen atoms in total. The molecular weight excluding hydrogens is 292 g/mol. The lowest BCUT2D eigenvalue weighted by Gasteiger charge is -2.26. The second kappa shape index (κ2) is 6.36. The first-order valence-corrected chi connectivity index (χ1v) is 6.91. The molecule has 0 radical (unpaired) electrons. The molecule has 0 aliphatic carbocycles. The zero-order valence-corrected chi connectivity index (χ0v) is 12.2. The minimum Gasteiger partial charge on any atom is -0.398 e. The van der Waals surface area contributed by atoms with E-state index in [9.17, 15) is 0 Å². The highest BCUT2D eigenvalue weighted by Crippen LogP contribution is 2.21. The van der Waals surface area contributed by atoms with E-state index in [1.54, 1.807) is 7.11 Å². The summed E-state index contributed by atoms with van der Waals surface area (Å²) in [5.74, 6) is 0. The highest BCUT2D eigenvalue weighted by molar-refractivity contribution is 9.10. The van der Waals surface area contributed by atoms with Crippen molar-refractivity contribution in [3.63, 3.8) is 0 Å². The largest absolute Gasteiger partial charge is 0.398 e. The quantitative estimate of drug-likeness (QED) is 0.686. The van der Waals surface area contributed by atoms with E-state index in [-0.39, 0.29) is 0 Å². The SMILES string of the molecule is COCC1=CCN(Cc2ccc(Br)cc2N)CC1. The number of benzene rings is 1. The van der Waals surface area contributed by atoms with Gasteiger partial charge in [-0.15, -0.1) is 0 Å². The molecule has 1 aromatic rings. The van der Waals surface area contributed by atoms with Crippen LogP contribution in [0.15, 0.2) is 34.3 Å². The highest BCUT2D eigenvalue weighted by atomic mass is 79.9. The van der Waals surface area contributed by atoms with Crippen molar-refractivity contribution in [1.82, 2.24) is 4.90 Å². The number of hydrogen-bond acceptors (Lipinski definition) is 3. The Hall–Kier alpha value is -0.840. The minimum atomic E-state index is 0.758. The molecule has 18 heavy (non-hydrogen) atoms. The standard InChI is InChI=1S/C14H19BrN2O/c1-18-10-11-4-6-17(7-5-11)9-12-2-3-13(15)8-14(12)16/h2-4,8H,5-7,9-10,16H2,1H3. The molecule has 1 aromatic carbocycles. The summed E-state index contributed by atoms with van der Waals surface area (Å²) in [6.07, 6.45) is 3.35. The molecule has 0 saturated heterocycles. The Bertz CT molecular complexity index is 445. The van der Waals surface area contributed by atoms with Crippen molar-refractivity contribution in [2.24, 2.45) is 0 Å². The van der Waals surface area contributed by atoms with Gasteiger partial charge in [0.15, 0.2) is 0 Å². The lowest BCUT2D eigenvalue weighted by Crippen LogP contribution is -2.29. The van der Waals surface area contributed by atoms with Gasteiger partial charge in [-0.25, -0.2) is 0 Å². The van der Waals surface area contributed by atoms with Crippen LogP contribution in [0.5, 0.6) is 0 Å². The van der Waals surface area contributed by atoms with Crippen LogP contribution >= 0.6 is 15.9 Å². The Morgan fingerprint density at radius 1 is 1.44 bits per heavy atom. The maximum atomic E-state index is 6.02. The van der Waals surface area contributed by atoms with Crippen molar-refractivity contribution >= 4 is 21.6 Å². The van der Waals surface area contributed by atoms with Crippen LogP contribution in [0.3, 0.4) is 0 Å². The van der Waals surface area contributed by atoms with Crippen molar-refractivity contribution in [2.75, 3.05) is 32.5 Å². The van der Waals surface area contributed by atoms with Gasteiger partial charge in [0, 0.05) is 36.9 Å². The van der Waals surface area contributed by atoms with Crippen molar-refractivity contribution in [3.8, 4) is 0 Å². The molecule has 98 valence electrons. The zero-order valence-electron chi connectivity index (χ0n) is 10.7. The van der Waals surface area contributed by atoms with Gasteiger partial charge in [0.2, 0.25) is 0 Å². The fourth-order valence-electron chi connectivity index (χ4n) is 2.16. The van der Waals surface area contributed by atoms with Crippen molar-refractivity contribution < 1.29 is 4.74 Å². The zero-order chi connectivity index (χ0) is 13.0. The lowest BCUT2D eigenvalue weighted by atomic mass is 10.1. The van der Waals surface area contributed by atoms with E-state index in [4.69, 9.17) is 10.5 Å². The van der Waals surface area contributed by atoms with Gasteiger partial charge in [-0.2, -0.15) is 0 Å². The highest BCUT2D eigenvalue weighted by Gasteiger charge is 2.12. The third kappa shape index (κ3) is 3.57. The van der Waals surface area contributed by atoms with Crippen LogP contribution in [-0.2, 0) is 11.3 Å². The van der Waals surface area contributed by atoms with E-state index in [1.807, 2.05) is 12.1 Å². The number of rotatable bonds is 4. The maximum absolute atomic E-state index is 6.02. The molecule has 0 bridgehead atoms. The van der Waals surface area contributed by atoms with E-state index in [0.29, 0.717) is 0 Å². The summed E-state index contributed by atoms with van der Waals surface area (Å²) in [6, 6.07) is 6.10. The Morgan fingerprint density at radius 2 is 2.28 bits per heavy atom. The third-order valence-electron chi connectivity index (χ3n) is 3.22. The van der Waals surface area contributed by atoms with E-state index >= 15 is 0 Å². The number of anilines is 1. The molecule has 0 spiro atoms. The predicted octanol–water partition coefficient (Wildman–Crippen LogP) is 2.81. The molecule has 0 aromatic heterocycles. The summed E-state index contributed by atoms with van der Waals surface area (Å²) in [5.41, 5.74) is 9.48. The molecule has 0 amide bonds. The molecule has 4 heteroatoms. The second-order valence-electron chi connectivity index (χ2n) is 4.62. The summed E-state index contributed by atoms with van der Waals surface area (Å²) < 4.78 is 6.19. The average molecular weight is 311 g/mol. The van der Waals surface area contributed by atoms with Gasteiger partial charge in [0.05, 0.1) is 6.61 Å². The summed E-state index contributed by atoms with van der Waals surface area (Å²) in [6.45, 7) is 3.73. The maximum Gasteiger partial charge on any atom is 0.0673 e. The first-order valence-electron chi connectivity index (χ1n) is 6.12. The van der Waals surface area contributed by atoms with Gasteiger partial charge >= 0.3 is 0 Å². The molecule has 0 unspecified atom stereocenters. The summed E-state index contributed by atoms with van der Waals surface area (Å²) >= 11 is 3.43. The Morgan fingerprint density at radius 3 is 2.89 bits per heavy atom. The smallest absolute Gasteiger partial charge is 0.0673 e. The normalized spacial score (nSPS) is 16.7. The molecule has 2 N–H and O–H groups in total. The van der Waals surface area contributed by atoms with Crippen LogP contribution in [0, 0.1) is 0 Å². The van der Waals surface area contributed by atoms with Crippen molar-refractivity contribution in [1.29, 1.82) is 0 Å². The number of hydrogen-bond donors (Lipinski definition) is 1. The van der Waals surface area contributed by atoms with E-state index in [0.717, 1.165) is 42.8 Å². The van der Waals surface area contributed by atoms with Crippen LogP contribution in [-0.4, -0.2) is 31.7 Å². The average Bonchev–Trinajstić information content (AvgIpc) is 2.35. The van der Waals surface area contributed by atoms with Gasteiger partial charge in [0.1, 0.15) is 0 Å². The molecular formula is C14H19BrN2O. The first kappa shape index (κ1) is 13.6. The molecule has 1 aliphatic heterocycles. The first-order chi connectivity index (χ1) is 8.69. The molecule has 1 heterocycles. The number of nitrogen functional groups attached to an aromatic ring is 1. The lowest BCUT2D eigenvalue weighted by molar-refractivity contribution is 0.210. The third-order valence-corrected chi connectivity index (χ3v) is 3.71. The molecule has 0 fully saturated rings. The van der Waals surface area contributed by atoms with Gasteiger partial charge in [-0.3, -0.25) is 4.90 Å². The Kier molecular flexibility index (Phi) is 4.80. The van der Waals surface area contributed by atoms with Crippen LogP contribution in [0.25, 0.3) is 0 Å². The van der Waals surface area contributed by atoms with Crippen molar-refractivity contribution in [2.45, 2.75) is 13.0 Å². The van der Waals surface area contributed by atoms with Crippen LogP contribution in [0.2, 0.25) is 0 Å². The number of nitrogens with zero attached hydrogens (tertiary/aromatic N) is 1. The van der Waals surface area contributed by atoms with Gasteiger partial charge in [-0.05, 0) is 29.7 Å². The summed E-state index contributed by atoms with van der Waals surface area (Å²) in [7, 11) is 1.75. The number of halogens is 1. The summed E-state index contributed by atoms with van der Waals surface area (Å²) in [4.78, 5) is 2.40. The molecule has 2 rings (SSSR count). The Balaban J connectivity index is 1.95. The molecule has 0 saturated carbocycles.